The molecular weight excluding hydrogens is 486 g/mol. The smallest absolute Gasteiger partial charge is 0.314 e. The van der Waals surface area contributed by atoms with Gasteiger partial charge >= 0.3 is 5.97 Å². The van der Waals surface area contributed by atoms with Gasteiger partial charge in [-0.2, -0.15) is 4.99 Å². The van der Waals surface area contributed by atoms with E-state index in [9.17, 15) is 4.79 Å². The highest BCUT2D eigenvalue weighted by Gasteiger charge is 2.34. The minimum Gasteiger partial charge on any atom is -0.426 e. The zero-order valence-electron chi connectivity index (χ0n) is 24.3. The van der Waals surface area contributed by atoms with Crippen LogP contribution in [-0.4, -0.2) is 11.1 Å². The summed E-state index contributed by atoms with van der Waals surface area (Å²) in [5, 5.41) is 2.36. The summed E-state index contributed by atoms with van der Waals surface area (Å²) < 4.78 is 5.66. The molecule has 3 nitrogen and oxygen atoms in total. The van der Waals surface area contributed by atoms with E-state index >= 15 is 0 Å². The first-order valence-electron chi connectivity index (χ1n) is 16.0. The minimum atomic E-state index is -0.0744. The quantitative estimate of drug-likeness (QED) is 0.0689. The van der Waals surface area contributed by atoms with Crippen molar-refractivity contribution in [1.82, 2.24) is 0 Å². The summed E-state index contributed by atoms with van der Waals surface area (Å²) in [6, 6.07) is 7.16. The molecule has 0 heterocycles. The van der Waals surface area contributed by atoms with Crippen LogP contribution in [0.15, 0.2) is 29.3 Å². The summed E-state index contributed by atoms with van der Waals surface area (Å²) in [6.07, 6.45) is 25.8. The third kappa shape index (κ3) is 10.9. The van der Waals surface area contributed by atoms with Gasteiger partial charge in [-0.15, -0.1) is 0 Å². The van der Waals surface area contributed by atoms with Gasteiger partial charge in [0, 0.05) is 0 Å². The number of hydrogen-bond donors (Lipinski definition) is 0. The molecule has 0 N–H and O–H groups in total. The molecule has 1 unspecified atom stereocenters. The average molecular weight is 540 g/mol. The number of carbonyl (C=O) groups excluding carboxylic acids is 1. The van der Waals surface area contributed by atoms with Crippen molar-refractivity contribution < 1.29 is 9.53 Å². The fourth-order valence-electron chi connectivity index (χ4n) is 7.03. The summed E-state index contributed by atoms with van der Waals surface area (Å²) >= 11 is 4.64. The van der Waals surface area contributed by atoms with Crippen LogP contribution in [0.3, 0.4) is 0 Å². The van der Waals surface area contributed by atoms with E-state index in [4.69, 9.17) is 4.74 Å². The number of benzene rings is 1. The Bertz CT molecular complexity index is 831. The summed E-state index contributed by atoms with van der Waals surface area (Å²) in [5.74, 6) is 3.98. The van der Waals surface area contributed by atoms with Crippen molar-refractivity contribution in [3.05, 3.63) is 24.3 Å². The van der Waals surface area contributed by atoms with E-state index < -0.39 is 0 Å². The molecule has 2 fully saturated rings. The van der Waals surface area contributed by atoms with Crippen molar-refractivity contribution in [3.63, 3.8) is 0 Å². The average Bonchev–Trinajstić information content (AvgIpc) is 2.95. The monoisotopic (exact) mass is 539 g/mol. The highest BCUT2D eigenvalue weighted by atomic mass is 32.1. The van der Waals surface area contributed by atoms with E-state index in [1.807, 2.05) is 0 Å². The van der Waals surface area contributed by atoms with Crippen molar-refractivity contribution in [1.29, 1.82) is 0 Å². The maximum atomic E-state index is 12.7. The number of ether oxygens (including phenoxy) is 1. The first-order valence-corrected chi connectivity index (χ1v) is 16.4. The Kier molecular flexibility index (Phi) is 14.7. The van der Waals surface area contributed by atoms with Crippen LogP contribution in [0, 0.1) is 29.6 Å². The van der Waals surface area contributed by atoms with Crippen LogP contribution in [0.4, 0.5) is 5.69 Å². The topological polar surface area (TPSA) is 38.7 Å². The number of aliphatic imine (C=N–C) groups is 1. The van der Waals surface area contributed by atoms with Crippen molar-refractivity contribution in [2.24, 2.45) is 34.6 Å². The first-order chi connectivity index (χ1) is 18.6. The van der Waals surface area contributed by atoms with E-state index in [2.05, 4.69) is 36.2 Å². The Morgan fingerprint density at radius 3 is 1.92 bits per heavy atom. The molecule has 1 atom stereocenters. The molecule has 0 aromatic heterocycles. The van der Waals surface area contributed by atoms with Crippen LogP contribution in [0.5, 0.6) is 5.75 Å². The molecule has 0 spiro atoms. The third-order valence-corrected chi connectivity index (χ3v) is 9.77. The van der Waals surface area contributed by atoms with Gasteiger partial charge in [-0.3, -0.25) is 4.79 Å². The number of hydrogen-bond acceptors (Lipinski definition) is 4. The van der Waals surface area contributed by atoms with Gasteiger partial charge < -0.3 is 4.74 Å². The number of rotatable bonds is 16. The fraction of sp³-hybridized carbons (Fsp3) is 0.765. The summed E-state index contributed by atoms with van der Waals surface area (Å²) in [4.78, 5) is 16.7. The van der Waals surface area contributed by atoms with Gasteiger partial charge in [0.2, 0.25) is 0 Å². The molecule has 0 aliphatic heterocycles. The van der Waals surface area contributed by atoms with Gasteiger partial charge in [-0.05, 0) is 98.7 Å². The highest BCUT2D eigenvalue weighted by molar-refractivity contribution is 7.78. The van der Waals surface area contributed by atoms with Gasteiger partial charge in [-0.1, -0.05) is 97.3 Å². The Labute approximate surface area is 238 Å². The molecule has 0 radical (unpaired) electrons. The van der Waals surface area contributed by atoms with Crippen LogP contribution >= 0.6 is 12.2 Å². The summed E-state index contributed by atoms with van der Waals surface area (Å²) in [6.45, 7) is 4.80. The van der Waals surface area contributed by atoms with Crippen LogP contribution in [0.2, 0.25) is 0 Å². The molecule has 212 valence electrons. The lowest BCUT2D eigenvalue weighted by atomic mass is 9.67. The molecule has 2 saturated carbocycles. The van der Waals surface area contributed by atoms with E-state index in [-0.39, 0.29) is 11.9 Å². The normalized spacial score (nSPS) is 24.4. The van der Waals surface area contributed by atoms with Crippen molar-refractivity contribution in [2.45, 2.75) is 136 Å². The second-order valence-corrected chi connectivity index (χ2v) is 12.5. The predicted molar refractivity (Wildman–Crippen MR) is 163 cm³/mol. The number of carbonyl (C=O) groups is 1. The second kappa shape index (κ2) is 18.0. The highest BCUT2D eigenvalue weighted by Crippen LogP contribution is 2.43. The molecule has 3 rings (SSSR count). The molecule has 38 heavy (non-hydrogen) atoms. The molecule has 0 amide bonds. The standard InChI is InChI=1S/C34H53NO2S/c1-3-4-5-6-7-8-9-10-11-12-13-28-14-16-29(17-15-28)27(2)30-18-20-31(21-19-30)34(36)37-33-24-22-32(23-25-33)35-26-38/h22-25,27-31H,3-21H2,1-2H3. The van der Waals surface area contributed by atoms with Crippen LogP contribution in [0.25, 0.3) is 0 Å². The van der Waals surface area contributed by atoms with E-state index in [1.165, 1.54) is 109 Å². The molecule has 2 aliphatic rings. The second-order valence-electron chi connectivity index (χ2n) is 12.3. The molecule has 1 aromatic carbocycles. The first kappa shape index (κ1) is 31.0. The number of thiocarbonyl (C=S) groups is 1. The van der Waals surface area contributed by atoms with Gasteiger partial charge in [-0.25, -0.2) is 0 Å². The SMILES string of the molecule is CCCCCCCCCCCCC1CCC(C(C)C2CCC(C(=O)Oc3ccc(N=C=S)cc3)CC2)CC1. The van der Waals surface area contributed by atoms with Gasteiger partial charge in [0.15, 0.2) is 0 Å². The zero-order chi connectivity index (χ0) is 27.0. The van der Waals surface area contributed by atoms with E-state index in [0.29, 0.717) is 5.75 Å². The van der Waals surface area contributed by atoms with Gasteiger partial charge in [0.25, 0.3) is 0 Å². The lowest BCUT2D eigenvalue weighted by Crippen LogP contribution is -2.31. The molecular formula is C34H53NO2S. The van der Waals surface area contributed by atoms with E-state index in [0.717, 1.165) is 42.2 Å². The van der Waals surface area contributed by atoms with E-state index in [1.54, 1.807) is 24.3 Å². The van der Waals surface area contributed by atoms with Gasteiger partial charge in [0.05, 0.1) is 16.8 Å². The maximum absolute atomic E-state index is 12.7. The minimum absolute atomic E-state index is 0.0360. The van der Waals surface area contributed by atoms with Crippen molar-refractivity contribution in [2.75, 3.05) is 0 Å². The fourth-order valence-corrected chi connectivity index (χ4v) is 7.14. The molecule has 2 aliphatic carbocycles. The van der Waals surface area contributed by atoms with Crippen LogP contribution in [0.1, 0.15) is 136 Å². The van der Waals surface area contributed by atoms with Crippen molar-refractivity contribution >= 4 is 29.0 Å². The van der Waals surface area contributed by atoms with Crippen molar-refractivity contribution in [3.8, 4) is 5.75 Å². The Morgan fingerprint density at radius 2 is 1.37 bits per heavy atom. The molecule has 1 aromatic rings. The zero-order valence-corrected chi connectivity index (χ0v) is 25.1. The third-order valence-electron chi connectivity index (χ3n) is 9.68. The number of unbranched alkanes of at least 4 members (excludes halogenated alkanes) is 9. The Balaban J connectivity index is 1.25. The molecule has 0 saturated heterocycles. The number of esters is 1. The van der Waals surface area contributed by atoms with Crippen LogP contribution in [-0.2, 0) is 4.79 Å². The van der Waals surface area contributed by atoms with Crippen LogP contribution < -0.4 is 4.74 Å². The lowest BCUT2D eigenvalue weighted by molar-refractivity contribution is -0.140. The largest absolute Gasteiger partial charge is 0.426 e. The summed E-state index contributed by atoms with van der Waals surface area (Å²) in [5.41, 5.74) is 0.724. The molecule has 4 heteroatoms. The lowest BCUT2D eigenvalue weighted by Gasteiger charge is -2.38. The maximum Gasteiger partial charge on any atom is 0.314 e. The molecule has 0 bridgehead atoms. The summed E-state index contributed by atoms with van der Waals surface area (Å²) in [7, 11) is 0. The van der Waals surface area contributed by atoms with Gasteiger partial charge in [0.1, 0.15) is 5.75 Å². The predicted octanol–water partition coefficient (Wildman–Crippen LogP) is 10.9. The Hall–Kier alpha value is -1.51. The number of isothiocyanates is 1. The number of nitrogens with zero attached hydrogens (tertiary/aromatic N) is 1. The Morgan fingerprint density at radius 1 is 0.842 bits per heavy atom.